The average Bonchev–Trinajstić information content (AvgIpc) is 2.51. The molecule has 2 unspecified atom stereocenters. The average molecular weight is 295 g/mol. The molecular weight excluding hydrogens is 265 g/mol. The Morgan fingerprint density at radius 3 is 2.57 bits per heavy atom. The summed E-state index contributed by atoms with van der Waals surface area (Å²) in [5, 5.41) is 3.53. The van der Waals surface area contributed by atoms with Crippen LogP contribution in [0.1, 0.15) is 58.7 Å². The van der Waals surface area contributed by atoms with Gasteiger partial charge in [0.05, 0.1) is 17.9 Å². The first kappa shape index (κ1) is 18.1. The quantitative estimate of drug-likeness (QED) is 0.712. The molecule has 0 saturated heterocycles. The molecule has 0 aliphatic heterocycles. The lowest BCUT2D eigenvalue weighted by atomic mass is 10.1. The maximum atomic E-state index is 13.0. The number of rotatable bonds is 10. The van der Waals surface area contributed by atoms with Crippen LogP contribution >= 0.6 is 0 Å². The first-order chi connectivity index (χ1) is 10.1. The van der Waals surface area contributed by atoms with Crippen molar-refractivity contribution >= 4 is 0 Å². The van der Waals surface area contributed by atoms with Gasteiger partial charge in [0.2, 0.25) is 0 Å². The van der Waals surface area contributed by atoms with Gasteiger partial charge in [0.15, 0.2) is 0 Å². The predicted molar refractivity (Wildman–Crippen MR) is 86.8 cm³/mol. The van der Waals surface area contributed by atoms with E-state index in [1.54, 1.807) is 6.07 Å². The van der Waals surface area contributed by atoms with Crippen LogP contribution in [0, 0.1) is 5.82 Å². The largest absolute Gasteiger partial charge is 0.309 e. The van der Waals surface area contributed by atoms with Gasteiger partial charge < -0.3 is 10.2 Å². The molecule has 0 bridgehead atoms. The molecule has 0 aromatic carbocycles. The molecule has 0 fully saturated rings. The highest BCUT2D eigenvalue weighted by atomic mass is 19.1. The first-order valence-corrected chi connectivity index (χ1v) is 8.21. The minimum absolute atomic E-state index is 0.198. The van der Waals surface area contributed by atoms with E-state index in [4.69, 9.17) is 0 Å². The van der Waals surface area contributed by atoms with Crippen LogP contribution in [0.5, 0.6) is 0 Å². The lowest BCUT2D eigenvalue weighted by Gasteiger charge is -2.29. The third-order valence-electron chi connectivity index (χ3n) is 4.07. The van der Waals surface area contributed by atoms with Gasteiger partial charge >= 0.3 is 0 Å². The molecular formula is C17H30FN3. The summed E-state index contributed by atoms with van der Waals surface area (Å²) in [5.74, 6) is -0.275. The first-order valence-electron chi connectivity index (χ1n) is 8.21. The van der Waals surface area contributed by atoms with Crippen molar-refractivity contribution in [3.63, 3.8) is 0 Å². The van der Waals surface area contributed by atoms with E-state index < -0.39 is 0 Å². The molecule has 1 N–H and O–H groups in total. The van der Waals surface area contributed by atoms with Crippen LogP contribution in [0.3, 0.4) is 0 Å². The second-order valence-corrected chi connectivity index (χ2v) is 5.58. The standard InChI is InChI=1S/C17H30FN3/c1-5-11-19-17(16-9-8-15(18)13-20-16)10-12-21(7-3)14(4)6-2/h8-9,13-14,17,19H,5-7,10-12H2,1-4H3. The van der Waals surface area contributed by atoms with Crippen LogP contribution in [0.4, 0.5) is 4.39 Å². The zero-order valence-corrected chi connectivity index (χ0v) is 13.9. The third-order valence-corrected chi connectivity index (χ3v) is 4.07. The molecule has 0 aliphatic carbocycles. The molecule has 1 heterocycles. The fraction of sp³-hybridized carbons (Fsp3) is 0.706. The fourth-order valence-electron chi connectivity index (χ4n) is 2.51. The summed E-state index contributed by atoms with van der Waals surface area (Å²) in [6.45, 7) is 11.9. The Bertz CT molecular complexity index is 380. The van der Waals surface area contributed by atoms with Crippen molar-refractivity contribution in [2.24, 2.45) is 0 Å². The molecule has 0 spiro atoms. The van der Waals surface area contributed by atoms with Gasteiger partial charge in [0, 0.05) is 12.6 Å². The normalized spacial score (nSPS) is 14.4. The molecule has 0 amide bonds. The molecule has 3 nitrogen and oxygen atoms in total. The fourth-order valence-corrected chi connectivity index (χ4v) is 2.51. The summed E-state index contributed by atoms with van der Waals surface area (Å²) in [5.41, 5.74) is 0.935. The van der Waals surface area contributed by atoms with Crippen molar-refractivity contribution in [1.29, 1.82) is 0 Å². The van der Waals surface area contributed by atoms with Crippen LogP contribution in [-0.4, -0.2) is 35.6 Å². The summed E-state index contributed by atoms with van der Waals surface area (Å²) in [4.78, 5) is 6.73. The van der Waals surface area contributed by atoms with Crippen molar-refractivity contribution in [3.05, 3.63) is 29.8 Å². The second kappa shape index (κ2) is 9.85. The van der Waals surface area contributed by atoms with Crippen LogP contribution in [0.15, 0.2) is 18.3 Å². The van der Waals surface area contributed by atoms with Gasteiger partial charge in [-0.15, -0.1) is 0 Å². The minimum Gasteiger partial charge on any atom is -0.309 e. The summed E-state index contributed by atoms with van der Waals surface area (Å²) < 4.78 is 13.0. The number of hydrogen-bond donors (Lipinski definition) is 1. The molecule has 4 heteroatoms. The summed E-state index contributed by atoms with van der Waals surface area (Å²) >= 11 is 0. The van der Waals surface area contributed by atoms with Crippen molar-refractivity contribution in [2.45, 2.75) is 59.0 Å². The number of halogens is 1. The number of nitrogens with one attached hydrogen (secondary N) is 1. The highest BCUT2D eigenvalue weighted by molar-refractivity contribution is 5.10. The maximum absolute atomic E-state index is 13.0. The van der Waals surface area contributed by atoms with Crippen LogP contribution in [0.2, 0.25) is 0 Å². The van der Waals surface area contributed by atoms with Crippen molar-refractivity contribution in [3.8, 4) is 0 Å². The Balaban J connectivity index is 2.67. The molecule has 2 atom stereocenters. The number of hydrogen-bond acceptors (Lipinski definition) is 3. The van der Waals surface area contributed by atoms with Crippen molar-refractivity contribution in [1.82, 2.24) is 15.2 Å². The van der Waals surface area contributed by atoms with Crippen LogP contribution in [0.25, 0.3) is 0 Å². The number of nitrogens with zero attached hydrogens (tertiary/aromatic N) is 2. The van der Waals surface area contributed by atoms with E-state index >= 15 is 0 Å². The topological polar surface area (TPSA) is 28.2 Å². The monoisotopic (exact) mass is 295 g/mol. The van der Waals surface area contributed by atoms with E-state index in [1.165, 1.54) is 12.3 Å². The van der Waals surface area contributed by atoms with Gasteiger partial charge in [-0.2, -0.15) is 0 Å². The van der Waals surface area contributed by atoms with Crippen molar-refractivity contribution < 1.29 is 4.39 Å². The van der Waals surface area contributed by atoms with Gasteiger partial charge in [-0.05, 0) is 51.4 Å². The molecule has 1 aromatic rings. The number of aromatic nitrogens is 1. The van der Waals surface area contributed by atoms with Gasteiger partial charge in [0.1, 0.15) is 5.82 Å². The zero-order chi connectivity index (χ0) is 15.7. The summed E-state index contributed by atoms with van der Waals surface area (Å²) in [6, 6.07) is 4.09. The highest BCUT2D eigenvalue weighted by Crippen LogP contribution is 2.17. The number of pyridine rings is 1. The molecule has 1 aromatic heterocycles. The predicted octanol–water partition coefficient (Wildman–Crippen LogP) is 3.77. The lowest BCUT2D eigenvalue weighted by molar-refractivity contribution is 0.202. The molecule has 0 aliphatic rings. The van der Waals surface area contributed by atoms with E-state index in [0.717, 1.165) is 44.6 Å². The Labute approximate surface area is 129 Å². The van der Waals surface area contributed by atoms with Crippen molar-refractivity contribution in [2.75, 3.05) is 19.6 Å². The smallest absolute Gasteiger partial charge is 0.141 e. The second-order valence-electron chi connectivity index (χ2n) is 5.58. The Hall–Kier alpha value is -1.00. The van der Waals surface area contributed by atoms with Gasteiger partial charge in [-0.1, -0.05) is 20.8 Å². The molecule has 21 heavy (non-hydrogen) atoms. The van der Waals surface area contributed by atoms with Gasteiger partial charge in [0.25, 0.3) is 0 Å². The highest BCUT2D eigenvalue weighted by Gasteiger charge is 2.16. The Morgan fingerprint density at radius 1 is 1.29 bits per heavy atom. The summed E-state index contributed by atoms with van der Waals surface area (Å²) in [6.07, 6.45) is 4.55. The van der Waals surface area contributed by atoms with Gasteiger partial charge in [-0.25, -0.2) is 4.39 Å². The SMILES string of the molecule is CCCNC(CCN(CC)C(C)CC)c1ccc(F)cn1. The molecule has 120 valence electrons. The van der Waals surface area contributed by atoms with E-state index in [-0.39, 0.29) is 11.9 Å². The van der Waals surface area contributed by atoms with Crippen LogP contribution in [-0.2, 0) is 0 Å². The lowest BCUT2D eigenvalue weighted by Crippen LogP contribution is -2.35. The minimum atomic E-state index is -0.275. The zero-order valence-electron chi connectivity index (χ0n) is 13.9. The van der Waals surface area contributed by atoms with E-state index in [2.05, 4.69) is 42.9 Å². The maximum Gasteiger partial charge on any atom is 0.141 e. The van der Waals surface area contributed by atoms with E-state index in [1.807, 2.05) is 0 Å². The Morgan fingerprint density at radius 2 is 2.05 bits per heavy atom. The molecule has 0 radical (unpaired) electrons. The van der Waals surface area contributed by atoms with E-state index in [9.17, 15) is 4.39 Å². The van der Waals surface area contributed by atoms with E-state index in [0.29, 0.717) is 6.04 Å². The Kier molecular flexibility index (Phi) is 8.47. The summed E-state index contributed by atoms with van der Waals surface area (Å²) in [7, 11) is 0. The third kappa shape index (κ3) is 6.10. The molecule has 1 rings (SSSR count). The van der Waals surface area contributed by atoms with Crippen LogP contribution < -0.4 is 5.32 Å². The van der Waals surface area contributed by atoms with Gasteiger partial charge in [-0.3, -0.25) is 4.98 Å². The molecule has 0 saturated carbocycles.